The Labute approximate surface area is 163 Å². The number of halogens is 3. The summed E-state index contributed by atoms with van der Waals surface area (Å²) in [6.07, 6.45) is -3.71. The van der Waals surface area contributed by atoms with Crippen molar-refractivity contribution in [2.75, 3.05) is 13.7 Å². The van der Waals surface area contributed by atoms with Crippen molar-refractivity contribution in [3.8, 4) is 22.1 Å². The molecule has 0 saturated heterocycles. The topological polar surface area (TPSA) is 53.4 Å². The molecule has 0 amide bonds. The van der Waals surface area contributed by atoms with Crippen LogP contribution in [0.4, 0.5) is 13.2 Å². The van der Waals surface area contributed by atoms with E-state index in [2.05, 4.69) is 4.98 Å². The minimum Gasteiger partial charge on any atom is -0.493 e. The lowest BCUT2D eigenvalue weighted by Crippen LogP contribution is -2.22. The van der Waals surface area contributed by atoms with E-state index in [0.717, 1.165) is 28.5 Å². The minimum atomic E-state index is -4.51. The van der Waals surface area contributed by atoms with E-state index in [-0.39, 0.29) is 6.54 Å². The first-order chi connectivity index (χ1) is 13.3. The average molecular weight is 410 g/mol. The van der Waals surface area contributed by atoms with Crippen LogP contribution in [0.25, 0.3) is 10.6 Å². The van der Waals surface area contributed by atoms with E-state index in [1.54, 1.807) is 17.5 Å². The van der Waals surface area contributed by atoms with Gasteiger partial charge in [-0.3, -0.25) is 4.79 Å². The third-order valence-electron chi connectivity index (χ3n) is 3.91. The number of ether oxygens (including phenoxy) is 2. The number of hydrogen-bond donors (Lipinski definition) is 0. The molecule has 2 aromatic heterocycles. The van der Waals surface area contributed by atoms with Crippen LogP contribution in [-0.4, -0.2) is 23.3 Å². The van der Waals surface area contributed by atoms with E-state index in [0.29, 0.717) is 28.8 Å². The molecular formula is C19H17F3N2O3S. The first kappa shape index (κ1) is 19.9. The molecule has 5 nitrogen and oxygen atoms in total. The van der Waals surface area contributed by atoms with E-state index >= 15 is 0 Å². The summed E-state index contributed by atoms with van der Waals surface area (Å²) in [6, 6.07) is 7.07. The molecule has 3 aromatic rings. The van der Waals surface area contributed by atoms with Crippen LogP contribution < -0.4 is 15.0 Å². The van der Waals surface area contributed by atoms with Crippen molar-refractivity contribution in [2.45, 2.75) is 19.6 Å². The van der Waals surface area contributed by atoms with E-state index < -0.39 is 17.3 Å². The molecule has 0 N–H and O–H groups in total. The van der Waals surface area contributed by atoms with Gasteiger partial charge in [0.25, 0.3) is 5.56 Å². The van der Waals surface area contributed by atoms with Gasteiger partial charge in [0, 0.05) is 23.2 Å². The van der Waals surface area contributed by atoms with Crippen molar-refractivity contribution in [3.05, 3.63) is 63.5 Å². The summed E-state index contributed by atoms with van der Waals surface area (Å²) in [7, 11) is 1.54. The molecule has 9 heteroatoms. The maximum absolute atomic E-state index is 12.9. The molecule has 3 rings (SSSR count). The minimum absolute atomic E-state index is 0.0482. The lowest BCUT2D eigenvalue weighted by Gasteiger charge is -2.10. The molecule has 28 heavy (non-hydrogen) atoms. The van der Waals surface area contributed by atoms with Gasteiger partial charge in [-0.15, -0.1) is 11.3 Å². The zero-order chi connectivity index (χ0) is 20.3. The monoisotopic (exact) mass is 410 g/mol. The highest BCUT2D eigenvalue weighted by molar-refractivity contribution is 7.13. The van der Waals surface area contributed by atoms with Crippen LogP contribution in [0.3, 0.4) is 0 Å². The van der Waals surface area contributed by atoms with Crippen molar-refractivity contribution in [1.29, 1.82) is 0 Å². The van der Waals surface area contributed by atoms with Gasteiger partial charge in [-0.2, -0.15) is 13.2 Å². The van der Waals surface area contributed by atoms with Crippen LogP contribution in [0.1, 0.15) is 18.2 Å². The molecule has 0 bridgehead atoms. The number of alkyl halides is 3. The Morgan fingerprint density at radius 3 is 2.64 bits per heavy atom. The van der Waals surface area contributed by atoms with Crippen molar-refractivity contribution >= 4 is 11.3 Å². The van der Waals surface area contributed by atoms with E-state index in [1.807, 2.05) is 13.0 Å². The van der Waals surface area contributed by atoms with Crippen molar-refractivity contribution in [2.24, 2.45) is 0 Å². The van der Waals surface area contributed by atoms with E-state index in [4.69, 9.17) is 9.47 Å². The Bertz CT molecular complexity index is 1030. The van der Waals surface area contributed by atoms with E-state index in [9.17, 15) is 18.0 Å². The molecule has 2 heterocycles. The fourth-order valence-electron chi connectivity index (χ4n) is 2.58. The maximum atomic E-state index is 12.9. The molecule has 0 aliphatic carbocycles. The first-order valence-electron chi connectivity index (χ1n) is 8.35. The van der Waals surface area contributed by atoms with Crippen LogP contribution in [0.2, 0.25) is 0 Å². The van der Waals surface area contributed by atoms with Gasteiger partial charge >= 0.3 is 6.18 Å². The molecule has 0 aliphatic heterocycles. The standard InChI is InChI=1S/C19H17F3N2O3S/c1-3-27-15-6-4-12(8-16(15)26-2)18-23-14(11-28-18)10-24-9-13(19(20,21)22)5-7-17(24)25/h4-9,11H,3,10H2,1-2H3. The van der Waals surface area contributed by atoms with Gasteiger partial charge in [-0.1, -0.05) is 0 Å². The second-order valence-corrected chi connectivity index (χ2v) is 6.68. The fraction of sp³-hybridized carbons (Fsp3) is 0.263. The lowest BCUT2D eigenvalue weighted by molar-refractivity contribution is -0.138. The van der Waals surface area contributed by atoms with Crippen molar-refractivity contribution < 1.29 is 22.6 Å². The predicted octanol–water partition coefficient (Wildman–Crippen LogP) is 4.45. The summed E-state index contributed by atoms with van der Waals surface area (Å²) in [5.41, 5.74) is -0.119. The van der Waals surface area contributed by atoms with Gasteiger partial charge in [0.15, 0.2) is 11.5 Å². The summed E-state index contributed by atoms with van der Waals surface area (Å²) in [4.78, 5) is 16.3. The summed E-state index contributed by atoms with van der Waals surface area (Å²) in [5, 5.41) is 2.38. The van der Waals surface area contributed by atoms with Crippen LogP contribution in [0.5, 0.6) is 11.5 Å². The van der Waals surface area contributed by atoms with Gasteiger partial charge in [0.2, 0.25) is 0 Å². The van der Waals surface area contributed by atoms with Crippen LogP contribution in [0.15, 0.2) is 46.7 Å². The number of pyridine rings is 1. The number of benzene rings is 1. The Balaban J connectivity index is 1.86. The molecule has 0 atom stereocenters. The lowest BCUT2D eigenvalue weighted by atomic mass is 10.2. The maximum Gasteiger partial charge on any atom is 0.417 e. The summed E-state index contributed by atoms with van der Waals surface area (Å²) in [5.74, 6) is 1.17. The number of rotatable bonds is 6. The molecule has 1 aromatic carbocycles. The van der Waals surface area contributed by atoms with Crippen molar-refractivity contribution in [3.63, 3.8) is 0 Å². The number of methoxy groups -OCH3 is 1. The highest BCUT2D eigenvalue weighted by atomic mass is 32.1. The molecule has 0 aliphatic rings. The molecule has 0 saturated carbocycles. The van der Waals surface area contributed by atoms with Crippen LogP contribution >= 0.6 is 11.3 Å². The van der Waals surface area contributed by atoms with Gasteiger partial charge in [-0.05, 0) is 31.2 Å². The highest BCUT2D eigenvalue weighted by Gasteiger charge is 2.31. The number of nitrogens with zero attached hydrogens (tertiary/aromatic N) is 2. The Morgan fingerprint density at radius 2 is 1.96 bits per heavy atom. The second-order valence-electron chi connectivity index (χ2n) is 5.82. The first-order valence-corrected chi connectivity index (χ1v) is 9.23. The molecule has 0 radical (unpaired) electrons. The smallest absolute Gasteiger partial charge is 0.417 e. The second kappa shape index (κ2) is 8.05. The summed E-state index contributed by atoms with van der Waals surface area (Å²) >= 11 is 1.33. The summed E-state index contributed by atoms with van der Waals surface area (Å²) in [6.45, 7) is 2.33. The normalized spacial score (nSPS) is 11.5. The molecular weight excluding hydrogens is 393 g/mol. The fourth-order valence-corrected chi connectivity index (χ4v) is 3.39. The number of thiazole rings is 1. The third kappa shape index (κ3) is 4.36. The zero-order valence-corrected chi connectivity index (χ0v) is 15.9. The van der Waals surface area contributed by atoms with Crippen LogP contribution in [-0.2, 0) is 12.7 Å². The van der Waals surface area contributed by atoms with Crippen molar-refractivity contribution in [1.82, 2.24) is 9.55 Å². The van der Waals surface area contributed by atoms with Gasteiger partial charge in [0.1, 0.15) is 5.01 Å². The highest BCUT2D eigenvalue weighted by Crippen LogP contribution is 2.34. The Hall–Kier alpha value is -2.81. The average Bonchev–Trinajstić information content (AvgIpc) is 3.11. The largest absolute Gasteiger partial charge is 0.493 e. The van der Waals surface area contributed by atoms with E-state index in [1.165, 1.54) is 18.4 Å². The van der Waals surface area contributed by atoms with Gasteiger partial charge in [0.05, 0.1) is 31.5 Å². The third-order valence-corrected chi connectivity index (χ3v) is 4.85. The number of aromatic nitrogens is 2. The quantitative estimate of drug-likeness (QED) is 0.603. The SMILES string of the molecule is CCOc1ccc(-c2nc(Cn3cc(C(F)(F)F)ccc3=O)cs2)cc1OC. The predicted molar refractivity (Wildman–Crippen MR) is 100 cm³/mol. The molecule has 0 fully saturated rings. The number of hydrogen-bond acceptors (Lipinski definition) is 5. The Kier molecular flexibility index (Phi) is 5.73. The van der Waals surface area contributed by atoms with Crippen LogP contribution in [0, 0.1) is 0 Å². The molecule has 0 unspecified atom stereocenters. The van der Waals surface area contributed by atoms with Gasteiger partial charge in [-0.25, -0.2) is 4.98 Å². The molecule has 148 valence electrons. The molecule has 0 spiro atoms. The zero-order valence-electron chi connectivity index (χ0n) is 15.1. The van der Waals surface area contributed by atoms with Gasteiger partial charge < -0.3 is 14.0 Å². The summed E-state index contributed by atoms with van der Waals surface area (Å²) < 4.78 is 50.4. The Morgan fingerprint density at radius 1 is 1.18 bits per heavy atom.